The van der Waals surface area contributed by atoms with Crippen LogP contribution in [0.15, 0.2) is 54.6 Å². The molecule has 0 radical (unpaired) electrons. The van der Waals surface area contributed by atoms with Crippen molar-refractivity contribution in [3.05, 3.63) is 65.7 Å². The number of morpholine rings is 1. The Morgan fingerprint density at radius 1 is 1.24 bits per heavy atom. The van der Waals surface area contributed by atoms with E-state index in [9.17, 15) is 4.79 Å². The highest BCUT2D eigenvalue weighted by Gasteiger charge is 2.21. The van der Waals surface area contributed by atoms with Crippen LogP contribution in [0.25, 0.3) is 0 Å². The predicted molar refractivity (Wildman–Crippen MR) is 96.9 cm³/mol. The zero-order chi connectivity index (χ0) is 17.5. The maximum Gasteiger partial charge on any atom is 0.251 e. The molecule has 1 heterocycles. The van der Waals surface area contributed by atoms with Gasteiger partial charge in [0.15, 0.2) is 0 Å². The van der Waals surface area contributed by atoms with Crippen molar-refractivity contribution in [3.8, 4) is 5.75 Å². The van der Waals surface area contributed by atoms with Crippen molar-refractivity contribution in [3.63, 3.8) is 0 Å². The molecule has 1 N–H and O–H groups in total. The molecule has 2 aromatic carbocycles. The molecule has 1 fully saturated rings. The normalized spacial score (nSPS) is 17.9. The van der Waals surface area contributed by atoms with Gasteiger partial charge in [0.1, 0.15) is 5.75 Å². The smallest absolute Gasteiger partial charge is 0.251 e. The average molecular weight is 340 g/mol. The van der Waals surface area contributed by atoms with Crippen LogP contribution < -0.4 is 10.1 Å². The van der Waals surface area contributed by atoms with Crippen molar-refractivity contribution in [2.24, 2.45) is 0 Å². The molecule has 25 heavy (non-hydrogen) atoms. The Balaban J connectivity index is 1.47. The summed E-state index contributed by atoms with van der Waals surface area (Å²) in [6.07, 6.45) is 0.101. The number of carbonyl (C=O) groups is 1. The van der Waals surface area contributed by atoms with Gasteiger partial charge in [-0.05, 0) is 23.8 Å². The van der Waals surface area contributed by atoms with Crippen LogP contribution >= 0.6 is 0 Å². The molecule has 0 bridgehead atoms. The Kier molecular flexibility index (Phi) is 6.04. The molecule has 0 aliphatic carbocycles. The first-order valence-corrected chi connectivity index (χ1v) is 8.57. The van der Waals surface area contributed by atoms with Crippen molar-refractivity contribution in [1.82, 2.24) is 10.2 Å². The largest absolute Gasteiger partial charge is 0.497 e. The van der Waals surface area contributed by atoms with E-state index in [1.165, 1.54) is 5.56 Å². The zero-order valence-corrected chi connectivity index (χ0v) is 14.5. The maximum atomic E-state index is 12.2. The molecule has 0 saturated carbocycles. The lowest BCUT2D eigenvalue weighted by Gasteiger charge is -2.33. The molecule has 2 aromatic rings. The highest BCUT2D eigenvalue weighted by Crippen LogP contribution is 2.21. The zero-order valence-electron chi connectivity index (χ0n) is 14.5. The van der Waals surface area contributed by atoms with E-state index in [0.717, 1.165) is 19.6 Å². The van der Waals surface area contributed by atoms with Gasteiger partial charge in [-0.1, -0.05) is 36.4 Å². The number of hydrogen-bond donors (Lipinski definition) is 1. The topological polar surface area (TPSA) is 50.8 Å². The summed E-state index contributed by atoms with van der Waals surface area (Å²) in [7, 11) is 1.60. The average Bonchev–Trinajstić information content (AvgIpc) is 2.69. The second kappa shape index (κ2) is 8.65. The van der Waals surface area contributed by atoms with E-state index in [1.54, 1.807) is 19.2 Å². The van der Waals surface area contributed by atoms with Crippen LogP contribution in [0.2, 0.25) is 0 Å². The van der Waals surface area contributed by atoms with Gasteiger partial charge in [0.2, 0.25) is 0 Å². The fourth-order valence-corrected chi connectivity index (χ4v) is 2.97. The van der Waals surface area contributed by atoms with E-state index in [1.807, 2.05) is 30.3 Å². The van der Waals surface area contributed by atoms with E-state index < -0.39 is 0 Å². The molecule has 1 atom stereocenters. The molecule has 132 valence electrons. The van der Waals surface area contributed by atoms with Crippen LogP contribution in [0, 0.1) is 0 Å². The Morgan fingerprint density at radius 2 is 2.08 bits per heavy atom. The van der Waals surface area contributed by atoms with Crippen molar-refractivity contribution in [2.45, 2.75) is 6.10 Å². The van der Waals surface area contributed by atoms with Crippen LogP contribution in [-0.2, 0) is 4.74 Å². The highest BCUT2D eigenvalue weighted by atomic mass is 16.5. The Morgan fingerprint density at radius 3 is 2.88 bits per heavy atom. The van der Waals surface area contributed by atoms with Gasteiger partial charge in [0.25, 0.3) is 5.91 Å². The fourth-order valence-electron chi connectivity index (χ4n) is 2.97. The number of rotatable bonds is 6. The molecule has 3 rings (SSSR count). The minimum atomic E-state index is -0.0771. The molecule has 1 aliphatic rings. The molecule has 1 amide bonds. The van der Waals surface area contributed by atoms with Gasteiger partial charge in [0, 0.05) is 31.7 Å². The Hall–Kier alpha value is -2.37. The van der Waals surface area contributed by atoms with Gasteiger partial charge in [-0.3, -0.25) is 9.69 Å². The van der Waals surface area contributed by atoms with Gasteiger partial charge in [0.05, 0.1) is 19.8 Å². The number of ether oxygens (including phenoxy) is 2. The lowest BCUT2D eigenvalue weighted by atomic mass is 10.1. The minimum absolute atomic E-state index is 0.0771. The fraction of sp³-hybridized carbons (Fsp3) is 0.350. The van der Waals surface area contributed by atoms with Crippen molar-refractivity contribution < 1.29 is 14.3 Å². The third kappa shape index (κ3) is 4.81. The molecule has 0 aromatic heterocycles. The van der Waals surface area contributed by atoms with E-state index in [4.69, 9.17) is 9.47 Å². The lowest BCUT2D eigenvalue weighted by Crippen LogP contribution is -2.42. The summed E-state index contributed by atoms with van der Waals surface area (Å²) >= 11 is 0. The molecule has 5 heteroatoms. The molecule has 5 nitrogen and oxygen atoms in total. The summed E-state index contributed by atoms with van der Waals surface area (Å²) in [6, 6.07) is 17.5. The number of nitrogens with one attached hydrogen (secondary N) is 1. The van der Waals surface area contributed by atoms with Crippen LogP contribution in [0.3, 0.4) is 0 Å². The Labute approximate surface area is 148 Å². The van der Waals surface area contributed by atoms with Gasteiger partial charge in [-0.2, -0.15) is 0 Å². The van der Waals surface area contributed by atoms with E-state index in [0.29, 0.717) is 24.5 Å². The molecular weight excluding hydrogens is 316 g/mol. The third-order valence-corrected chi connectivity index (χ3v) is 4.37. The molecule has 1 unspecified atom stereocenters. The van der Waals surface area contributed by atoms with E-state index in [-0.39, 0.29) is 12.0 Å². The standard InChI is InChI=1S/C20H24N2O3/c1-24-18-9-5-8-17(14-18)20(23)21-10-11-22-12-13-25-19(15-22)16-6-3-2-4-7-16/h2-9,14,19H,10-13,15H2,1H3,(H,21,23). The number of nitrogens with zero attached hydrogens (tertiary/aromatic N) is 1. The first-order chi connectivity index (χ1) is 12.3. The minimum Gasteiger partial charge on any atom is -0.497 e. The number of benzene rings is 2. The molecule has 1 saturated heterocycles. The van der Waals surface area contributed by atoms with E-state index in [2.05, 4.69) is 22.3 Å². The molecular formula is C20H24N2O3. The lowest BCUT2D eigenvalue weighted by molar-refractivity contribution is -0.0293. The first kappa shape index (κ1) is 17.5. The number of hydrogen-bond acceptors (Lipinski definition) is 4. The summed E-state index contributed by atoms with van der Waals surface area (Å²) in [5.74, 6) is 0.610. The van der Waals surface area contributed by atoms with Crippen LogP contribution in [0.4, 0.5) is 0 Å². The number of methoxy groups -OCH3 is 1. The quantitative estimate of drug-likeness (QED) is 0.878. The molecule has 0 spiro atoms. The first-order valence-electron chi connectivity index (χ1n) is 8.57. The summed E-state index contributed by atoms with van der Waals surface area (Å²) in [5.41, 5.74) is 1.82. The summed E-state index contributed by atoms with van der Waals surface area (Å²) < 4.78 is 11.0. The highest BCUT2D eigenvalue weighted by molar-refractivity contribution is 5.94. The van der Waals surface area contributed by atoms with Crippen molar-refractivity contribution in [2.75, 3.05) is 39.9 Å². The van der Waals surface area contributed by atoms with Gasteiger partial charge >= 0.3 is 0 Å². The summed E-state index contributed by atoms with van der Waals surface area (Å²) in [4.78, 5) is 14.6. The molecule has 1 aliphatic heterocycles. The second-order valence-corrected chi connectivity index (χ2v) is 6.06. The SMILES string of the molecule is COc1cccc(C(=O)NCCN2CCOC(c3ccccc3)C2)c1. The number of carbonyl (C=O) groups excluding carboxylic acids is 1. The summed E-state index contributed by atoms with van der Waals surface area (Å²) in [6.45, 7) is 3.86. The van der Waals surface area contributed by atoms with Crippen molar-refractivity contribution >= 4 is 5.91 Å². The second-order valence-electron chi connectivity index (χ2n) is 6.06. The monoisotopic (exact) mass is 340 g/mol. The maximum absolute atomic E-state index is 12.2. The van der Waals surface area contributed by atoms with Crippen LogP contribution in [0.1, 0.15) is 22.0 Å². The van der Waals surface area contributed by atoms with Gasteiger partial charge in [-0.25, -0.2) is 0 Å². The van der Waals surface area contributed by atoms with Crippen molar-refractivity contribution in [1.29, 1.82) is 0 Å². The number of amides is 1. The van der Waals surface area contributed by atoms with Crippen LogP contribution in [-0.4, -0.2) is 50.7 Å². The predicted octanol–water partition coefficient (Wildman–Crippen LogP) is 2.50. The van der Waals surface area contributed by atoms with Crippen LogP contribution in [0.5, 0.6) is 5.75 Å². The Bertz CT molecular complexity index is 690. The van der Waals surface area contributed by atoms with Gasteiger partial charge in [-0.15, -0.1) is 0 Å². The van der Waals surface area contributed by atoms with Gasteiger partial charge < -0.3 is 14.8 Å². The van der Waals surface area contributed by atoms with E-state index >= 15 is 0 Å². The third-order valence-electron chi connectivity index (χ3n) is 4.37. The summed E-state index contributed by atoms with van der Waals surface area (Å²) in [5, 5.41) is 2.98.